The first-order valence-electron chi connectivity index (χ1n) is 8.35. The van der Waals surface area contributed by atoms with E-state index < -0.39 is 6.10 Å². The molecular formula is C20H22ClNO3. The highest BCUT2D eigenvalue weighted by atomic mass is 35.5. The highest BCUT2D eigenvalue weighted by Gasteiger charge is 2.35. The van der Waals surface area contributed by atoms with E-state index in [2.05, 4.69) is 5.32 Å². The van der Waals surface area contributed by atoms with Gasteiger partial charge in [0.1, 0.15) is 17.1 Å². The summed E-state index contributed by atoms with van der Waals surface area (Å²) < 4.78 is 11.7. The molecule has 0 saturated carbocycles. The van der Waals surface area contributed by atoms with Gasteiger partial charge in [0.2, 0.25) is 0 Å². The Kier molecular flexibility index (Phi) is 4.91. The van der Waals surface area contributed by atoms with E-state index >= 15 is 0 Å². The zero-order chi connectivity index (χ0) is 18.0. The van der Waals surface area contributed by atoms with Crippen molar-refractivity contribution in [2.45, 2.75) is 44.9 Å². The molecule has 2 unspecified atom stereocenters. The number of hydrogen-bond donors (Lipinski definition) is 1. The maximum absolute atomic E-state index is 12.6. The van der Waals surface area contributed by atoms with Gasteiger partial charge < -0.3 is 14.8 Å². The van der Waals surface area contributed by atoms with Crippen LogP contribution in [-0.2, 0) is 4.79 Å². The minimum Gasteiger partial charge on any atom is -0.487 e. The van der Waals surface area contributed by atoms with Crippen molar-refractivity contribution >= 4 is 17.5 Å². The van der Waals surface area contributed by atoms with E-state index in [0.29, 0.717) is 17.2 Å². The van der Waals surface area contributed by atoms with Crippen LogP contribution in [0.5, 0.6) is 11.5 Å². The molecule has 0 aromatic heterocycles. The van der Waals surface area contributed by atoms with Gasteiger partial charge in [-0.05, 0) is 45.0 Å². The maximum atomic E-state index is 12.6. The molecule has 0 bridgehead atoms. The first kappa shape index (κ1) is 17.6. The van der Waals surface area contributed by atoms with Crippen LogP contribution in [0.3, 0.4) is 0 Å². The monoisotopic (exact) mass is 359 g/mol. The number of carbonyl (C=O) groups excluding carboxylic acids is 1. The third kappa shape index (κ3) is 4.26. The highest BCUT2D eigenvalue weighted by Crippen LogP contribution is 2.39. The lowest BCUT2D eigenvalue weighted by molar-refractivity contribution is -0.128. The molecule has 2 aromatic carbocycles. The molecule has 0 spiro atoms. The number of amides is 1. The smallest absolute Gasteiger partial charge is 0.261 e. The normalized spacial score (nSPS) is 19.3. The number of nitrogens with one attached hydrogen (secondary N) is 1. The van der Waals surface area contributed by atoms with Gasteiger partial charge in [-0.15, -0.1) is 0 Å². The van der Waals surface area contributed by atoms with E-state index in [4.69, 9.17) is 21.1 Å². The summed E-state index contributed by atoms with van der Waals surface area (Å²) >= 11 is 5.96. The third-order valence-electron chi connectivity index (χ3n) is 4.17. The summed E-state index contributed by atoms with van der Waals surface area (Å²) in [7, 11) is 0. The van der Waals surface area contributed by atoms with Crippen LogP contribution in [0, 0.1) is 0 Å². The predicted molar refractivity (Wildman–Crippen MR) is 98.2 cm³/mol. The van der Waals surface area contributed by atoms with Crippen molar-refractivity contribution in [3.63, 3.8) is 0 Å². The van der Waals surface area contributed by atoms with Gasteiger partial charge in [0.25, 0.3) is 5.91 Å². The fraction of sp³-hybridized carbons (Fsp3) is 0.350. The van der Waals surface area contributed by atoms with Crippen LogP contribution in [0.1, 0.15) is 38.8 Å². The van der Waals surface area contributed by atoms with Gasteiger partial charge in [-0.25, -0.2) is 0 Å². The van der Waals surface area contributed by atoms with Crippen LogP contribution in [-0.4, -0.2) is 17.6 Å². The summed E-state index contributed by atoms with van der Waals surface area (Å²) in [6, 6.07) is 14.7. The van der Waals surface area contributed by atoms with Gasteiger partial charge in [0.15, 0.2) is 6.10 Å². The third-order valence-corrected chi connectivity index (χ3v) is 4.41. The Bertz CT molecular complexity index is 775. The molecule has 25 heavy (non-hydrogen) atoms. The Labute approximate surface area is 153 Å². The van der Waals surface area contributed by atoms with Gasteiger partial charge in [-0.2, -0.15) is 0 Å². The van der Waals surface area contributed by atoms with E-state index in [1.54, 1.807) is 31.2 Å². The van der Waals surface area contributed by atoms with Crippen LogP contribution in [0.15, 0.2) is 48.5 Å². The number of halogens is 1. The van der Waals surface area contributed by atoms with Crippen molar-refractivity contribution in [3.05, 3.63) is 59.1 Å². The zero-order valence-electron chi connectivity index (χ0n) is 14.6. The van der Waals surface area contributed by atoms with Gasteiger partial charge in [0.05, 0.1) is 6.04 Å². The van der Waals surface area contributed by atoms with Crippen molar-refractivity contribution in [1.29, 1.82) is 0 Å². The molecule has 1 heterocycles. The van der Waals surface area contributed by atoms with Crippen LogP contribution in [0.25, 0.3) is 0 Å². The first-order valence-corrected chi connectivity index (χ1v) is 8.72. The molecule has 0 aliphatic carbocycles. The van der Waals surface area contributed by atoms with E-state index in [1.807, 2.05) is 38.1 Å². The molecule has 5 heteroatoms. The van der Waals surface area contributed by atoms with E-state index in [9.17, 15) is 4.79 Å². The van der Waals surface area contributed by atoms with Gasteiger partial charge in [-0.1, -0.05) is 35.9 Å². The quantitative estimate of drug-likeness (QED) is 0.872. The molecule has 132 valence electrons. The van der Waals surface area contributed by atoms with Crippen LogP contribution in [0.4, 0.5) is 0 Å². The lowest BCUT2D eigenvalue weighted by atomic mass is 9.89. The van der Waals surface area contributed by atoms with E-state index in [1.165, 1.54) is 0 Å². The molecule has 4 nitrogen and oxygen atoms in total. The number of rotatable bonds is 4. The predicted octanol–water partition coefficient (Wildman–Crippen LogP) is 4.53. The Morgan fingerprint density at radius 1 is 1.28 bits per heavy atom. The zero-order valence-corrected chi connectivity index (χ0v) is 15.3. The summed E-state index contributed by atoms with van der Waals surface area (Å²) in [5, 5.41) is 3.66. The molecule has 2 aromatic rings. The largest absolute Gasteiger partial charge is 0.487 e. The number of para-hydroxylation sites is 1. The van der Waals surface area contributed by atoms with E-state index in [-0.39, 0.29) is 17.6 Å². The molecule has 1 N–H and O–H groups in total. The summed E-state index contributed by atoms with van der Waals surface area (Å²) in [6.45, 7) is 5.77. The summed E-state index contributed by atoms with van der Waals surface area (Å²) in [5.41, 5.74) is 0.647. The number of carbonyl (C=O) groups is 1. The molecule has 0 fully saturated rings. The Morgan fingerprint density at radius 3 is 2.80 bits per heavy atom. The number of ether oxygens (including phenoxy) is 2. The fourth-order valence-corrected chi connectivity index (χ4v) is 3.20. The lowest BCUT2D eigenvalue weighted by Crippen LogP contribution is -2.44. The maximum Gasteiger partial charge on any atom is 0.261 e. The average molecular weight is 360 g/mol. The Balaban J connectivity index is 1.72. The summed E-state index contributed by atoms with van der Waals surface area (Å²) in [4.78, 5) is 12.6. The van der Waals surface area contributed by atoms with Gasteiger partial charge >= 0.3 is 0 Å². The minimum absolute atomic E-state index is 0.113. The Morgan fingerprint density at radius 2 is 2.04 bits per heavy atom. The molecule has 1 aliphatic rings. The van der Waals surface area contributed by atoms with Crippen LogP contribution >= 0.6 is 11.6 Å². The molecule has 0 saturated heterocycles. The second-order valence-electron chi connectivity index (χ2n) is 6.88. The second kappa shape index (κ2) is 6.96. The van der Waals surface area contributed by atoms with Crippen molar-refractivity contribution in [2.75, 3.05) is 0 Å². The van der Waals surface area contributed by atoms with Crippen molar-refractivity contribution in [3.8, 4) is 11.5 Å². The van der Waals surface area contributed by atoms with Crippen molar-refractivity contribution < 1.29 is 14.3 Å². The molecular weight excluding hydrogens is 338 g/mol. The van der Waals surface area contributed by atoms with Crippen LogP contribution in [0.2, 0.25) is 5.02 Å². The highest BCUT2D eigenvalue weighted by molar-refractivity contribution is 6.30. The summed E-state index contributed by atoms with van der Waals surface area (Å²) in [5.74, 6) is 1.22. The minimum atomic E-state index is -0.628. The van der Waals surface area contributed by atoms with Crippen molar-refractivity contribution in [1.82, 2.24) is 5.32 Å². The van der Waals surface area contributed by atoms with Crippen LogP contribution < -0.4 is 14.8 Å². The molecule has 1 amide bonds. The molecule has 1 aliphatic heterocycles. The van der Waals surface area contributed by atoms with Gasteiger partial charge in [-0.3, -0.25) is 4.79 Å². The topological polar surface area (TPSA) is 47.6 Å². The number of fused-ring (bicyclic) bond motifs is 1. The molecule has 0 radical (unpaired) electrons. The van der Waals surface area contributed by atoms with Crippen molar-refractivity contribution in [2.24, 2.45) is 0 Å². The second-order valence-corrected chi connectivity index (χ2v) is 7.32. The average Bonchev–Trinajstić information content (AvgIpc) is 2.53. The lowest BCUT2D eigenvalue weighted by Gasteiger charge is -2.38. The summed E-state index contributed by atoms with van der Waals surface area (Å²) in [6.07, 6.45) is 0.0659. The van der Waals surface area contributed by atoms with Gasteiger partial charge in [0, 0.05) is 17.0 Å². The number of benzene rings is 2. The Hall–Kier alpha value is -2.20. The first-order chi connectivity index (χ1) is 11.8. The molecule has 2 atom stereocenters. The SMILES string of the molecule is CC(Oc1cccc(Cl)c1)C(=O)NC1CC(C)(C)Oc2ccccc21. The molecule has 3 rings (SSSR count). The standard InChI is InChI=1S/C20H22ClNO3/c1-13(24-15-8-6-7-14(21)11-15)19(23)22-17-12-20(2,3)25-18-10-5-4-9-16(17)18/h4-11,13,17H,12H2,1-3H3,(H,22,23). The fourth-order valence-electron chi connectivity index (χ4n) is 3.02. The number of hydrogen-bond acceptors (Lipinski definition) is 3. The van der Waals surface area contributed by atoms with E-state index in [0.717, 1.165) is 11.3 Å².